The lowest BCUT2D eigenvalue weighted by Crippen LogP contribution is -2.45. The van der Waals surface area contributed by atoms with E-state index < -0.39 is 0 Å². The topological polar surface area (TPSA) is 55.9 Å². The second kappa shape index (κ2) is 2.50. The van der Waals surface area contributed by atoms with Gasteiger partial charge in [-0.1, -0.05) is 17.7 Å². The summed E-state index contributed by atoms with van der Waals surface area (Å²) in [6.07, 6.45) is 0. The number of hydrogen-bond acceptors (Lipinski definition) is 3. The average Bonchev–Trinajstić information content (AvgIpc) is 2.29. The zero-order valence-corrected chi connectivity index (χ0v) is 7.69. The first-order valence-electron chi connectivity index (χ1n) is 3.34. The summed E-state index contributed by atoms with van der Waals surface area (Å²) in [5.74, 6) is 5.66. The van der Waals surface area contributed by atoms with E-state index in [-0.39, 0.29) is 0 Å². The van der Waals surface area contributed by atoms with Gasteiger partial charge < -0.3 is 0 Å². The normalized spacial score (nSPS) is 10.8. The van der Waals surface area contributed by atoms with E-state index in [0.717, 1.165) is 10.2 Å². The van der Waals surface area contributed by atoms with Crippen molar-refractivity contribution in [2.45, 2.75) is 0 Å². The van der Waals surface area contributed by atoms with Gasteiger partial charge in [0.05, 0.1) is 9.72 Å². The minimum absolute atomic E-state index is 0.554. The number of nitrogens with two attached hydrogens (primary N) is 2. The maximum atomic E-state index is 5.93. The van der Waals surface area contributed by atoms with Crippen LogP contribution in [0.15, 0.2) is 18.2 Å². The predicted molar refractivity (Wildman–Crippen MR) is 51.6 cm³/mol. The fourth-order valence-corrected chi connectivity index (χ4v) is 2.27. The second-order valence-electron chi connectivity index (χ2n) is 2.40. The van der Waals surface area contributed by atoms with E-state index in [9.17, 15) is 0 Å². The molecule has 0 aliphatic carbocycles. The van der Waals surface area contributed by atoms with Crippen LogP contribution in [0.1, 0.15) is 0 Å². The van der Waals surface area contributed by atoms with Crippen molar-refractivity contribution in [1.82, 2.24) is 0 Å². The highest BCUT2D eigenvalue weighted by Crippen LogP contribution is 2.26. The van der Waals surface area contributed by atoms with Gasteiger partial charge in [-0.15, -0.1) is 4.68 Å². The van der Waals surface area contributed by atoms with Gasteiger partial charge in [0.1, 0.15) is 0 Å². The summed E-state index contributed by atoms with van der Waals surface area (Å²) in [7, 11) is 0. The van der Waals surface area contributed by atoms with E-state index >= 15 is 0 Å². The van der Waals surface area contributed by atoms with E-state index in [4.69, 9.17) is 23.2 Å². The molecule has 1 heterocycles. The van der Waals surface area contributed by atoms with Crippen molar-refractivity contribution >= 4 is 38.3 Å². The second-order valence-corrected chi connectivity index (χ2v) is 3.87. The Bertz CT molecular complexity index is 437. The average molecular weight is 201 g/mol. The lowest BCUT2D eigenvalue weighted by molar-refractivity contribution is -0.591. The molecule has 0 fully saturated rings. The molecular formula is C7H7ClN3S+. The van der Waals surface area contributed by atoms with E-state index in [1.165, 1.54) is 16.0 Å². The summed E-state index contributed by atoms with van der Waals surface area (Å²) in [5, 5.41) is 1.18. The molecule has 0 amide bonds. The van der Waals surface area contributed by atoms with Crippen molar-refractivity contribution in [3.63, 3.8) is 0 Å². The Labute approximate surface area is 78.1 Å². The highest BCUT2D eigenvalue weighted by molar-refractivity contribution is 7.21. The predicted octanol–water partition coefficient (Wildman–Crippen LogP) is 1.14. The summed E-state index contributed by atoms with van der Waals surface area (Å²) in [4.78, 5) is 0. The maximum absolute atomic E-state index is 5.93. The van der Waals surface area contributed by atoms with Crippen LogP contribution in [-0.2, 0) is 0 Å². The third-order valence-corrected chi connectivity index (χ3v) is 2.90. The Morgan fingerprint density at radius 2 is 2.17 bits per heavy atom. The van der Waals surface area contributed by atoms with Crippen molar-refractivity contribution in [3.8, 4) is 0 Å². The van der Waals surface area contributed by atoms with E-state index in [1.54, 1.807) is 6.07 Å². The minimum Gasteiger partial charge on any atom is -0.276 e. The van der Waals surface area contributed by atoms with E-state index in [1.807, 2.05) is 12.1 Å². The third kappa shape index (κ3) is 0.922. The Morgan fingerprint density at radius 1 is 1.42 bits per heavy atom. The standard InChI is InChI=1S/C7H6ClN3S/c8-4-2-1-3-5-6(4)11(10)7(9)12-5/h1-3,9H,10H2/p+1. The van der Waals surface area contributed by atoms with Crippen LogP contribution in [0.25, 0.3) is 10.2 Å². The van der Waals surface area contributed by atoms with Crippen LogP contribution in [0, 0.1) is 0 Å². The summed E-state index contributed by atoms with van der Waals surface area (Å²) in [6, 6.07) is 5.60. The fourth-order valence-electron chi connectivity index (χ4n) is 1.08. The van der Waals surface area contributed by atoms with Gasteiger partial charge in [0.2, 0.25) is 0 Å². The molecule has 4 N–H and O–H groups in total. The summed E-state index contributed by atoms with van der Waals surface area (Å²) >= 11 is 7.35. The molecule has 1 aromatic carbocycles. The van der Waals surface area contributed by atoms with Crippen molar-refractivity contribution in [2.24, 2.45) is 0 Å². The molecule has 0 saturated heterocycles. The minimum atomic E-state index is 0.554. The number of nitrogens with zero attached hydrogens (tertiary/aromatic N) is 1. The van der Waals surface area contributed by atoms with Crippen LogP contribution in [0.4, 0.5) is 5.13 Å². The van der Waals surface area contributed by atoms with Gasteiger partial charge in [-0.25, -0.2) is 0 Å². The number of nitrogen functional groups attached to an aromatic ring is 2. The molecule has 0 unspecified atom stereocenters. The molecule has 0 aliphatic rings. The van der Waals surface area contributed by atoms with Gasteiger partial charge in [-0.05, 0) is 23.5 Å². The Kier molecular flexibility index (Phi) is 1.59. The number of para-hydroxylation sites is 1. The van der Waals surface area contributed by atoms with Crippen molar-refractivity contribution in [1.29, 1.82) is 0 Å². The van der Waals surface area contributed by atoms with Gasteiger partial charge in [0.25, 0.3) is 0 Å². The van der Waals surface area contributed by atoms with Crippen LogP contribution in [0.2, 0.25) is 5.02 Å². The van der Waals surface area contributed by atoms with E-state index in [0.29, 0.717) is 10.2 Å². The summed E-state index contributed by atoms with van der Waals surface area (Å²) in [5.41, 5.74) is 6.41. The maximum Gasteiger partial charge on any atom is 0.356 e. The van der Waals surface area contributed by atoms with Gasteiger partial charge in [0, 0.05) is 0 Å². The first-order chi connectivity index (χ1) is 5.70. The Morgan fingerprint density at radius 3 is 2.83 bits per heavy atom. The zero-order valence-electron chi connectivity index (χ0n) is 6.12. The van der Waals surface area contributed by atoms with Gasteiger partial charge in [-0.2, -0.15) is 0 Å². The molecule has 0 aliphatic heterocycles. The molecule has 0 radical (unpaired) electrons. The lowest BCUT2D eigenvalue weighted by Gasteiger charge is -1.90. The number of thiazole rings is 1. The Hall–Kier alpha value is -1.00. The van der Waals surface area contributed by atoms with Gasteiger partial charge >= 0.3 is 5.13 Å². The molecule has 1 aromatic heterocycles. The third-order valence-electron chi connectivity index (χ3n) is 1.64. The van der Waals surface area contributed by atoms with Gasteiger partial charge in [0.15, 0.2) is 5.52 Å². The summed E-state index contributed by atoms with van der Waals surface area (Å²) < 4.78 is 2.41. The van der Waals surface area contributed by atoms with Crippen LogP contribution in [0.3, 0.4) is 0 Å². The summed E-state index contributed by atoms with van der Waals surface area (Å²) in [6.45, 7) is 0. The number of halogens is 1. The number of aromatic nitrogens is 1. The molecule has 2 rings (SSSR count). The number of benzene rings is 1. The van der Waals surface area contributed by atoms with Crippen LogP contribution in [-0.4, -0.2) is 0 Å². The quantitative estimate of drug-likeness (QED) is 0.495. The Balaban J connectivity index is 2.97. The smallest absolute Gasteiger partial charge is 0.276 e. The molecule has 12 heavy (non-hydrogen) atoms. The van der Waals surface area contributed by atoms with Crippen molar-refractivity contribution in [3.05, 3.63) is 23.2 Å². The first kappa shape index (κ1) is 7.64. The molecule has 0 spiro atoms. The molecular weight excluding hydrogens is 194 g/mol. The van der Waals surface area contributed by atoms with Crippen molar-refractivity contribution < 1.29 is 4.68 Å². The molecule has 0 atom stereocenters. The first-order valence-corrected chi connectivity index (χ1v) is 4.53. The van der Waals surface area contributed by atoms with Crippen LogP contribution in [0.5, 0.6) is 0 Å². The highest BCUT2D eigenvalue weighted by Gasteiger charge is 2.14. The molecule has 2 aromatic rings. The molecule has 62 valence electrons. The lowest BCUT2D eigenvalue weighted by atomic mass is 10.3. The molecule has 0 saturated carbocycles. The fraction of sp³-hybridized carbons (Fsp3) is 0. The van der Waals surface area contributed by atoms with Crippen LogP contribution >= 0.6 is 22.9 Å². The van der Waals surface area contributed by atoms with Crippen LogP contribution < -0.4 is 16.3 Å². The SMILES string of the molecule is Nc1sc2cccc(Cl)c2[n+]1N. The zero-order chi connectivity index (χ0) is 8.72. The molecule has 3 nitrogen and oxygen atoms in total. The number of anilines is 1. The van der Waals surface area contributed by atoms with Crippen molar-refractivity contribution in [2.75, 3.05) is 11.6 Å². The number of fused-ring (bicyclic) bond motifs is 1. The molecule has 0 bridgehead atoms. The van der Waals surface area contributed by atoms with Gasteiger partial charge in [-0.3, -0.25) is 11.6 Å². The molecule has 5 heteroatoms. The monoisotopic (exact) mass is 200 g/mol. The number of hydrogen-bond donors (Lipinski definition) is 2. The highest BCUT2D eigenvalue weighted by atomic mass is 35.5. The van der Waals surface area contributed by atoms with E-state index in [2.05, 4.69) is 0 Å². The largest absolute Gasteiger partial charge is 0.356 e. The number of rotatable bonds is 0.